The second kappa shape index (κ2) is 2.95. The Bertz CT molecular complexity index is 568. The van der Waals surface area contributed by atoms with Gasteiger partial charge >= 0.3 is 0 Å². The van der Waals surface area contributed by atoms with Gasteiger partial charge in [0.05, 0.1) is 17.8 Å². The fourth-order valence-corrected chi connectivity index (χ4v) is 1.84. The Balaban J connectivity index is 2.40. The molecule has 4 nitrogen and oxygen atoms in total. The Hall–Kier alpha value is -2.10. The van der Waals surface area contributed by atoms with Crippen LogP contribution in [0.5, 0.6) is 0 Å². The first-order valence-electron chi connectivity index (χ1n) is 4.76. The molecule has 0 fully saturated rings. The fourth-order valence-electron chi connectivity index (χ4n) is 1.84. The molecule has 0 aliphatic carbocycles. The molecule has 1 aliphatic heterocycles. The molecule has 0 saturated carbocycles. The minimum Gasteiger partial charge on any atom is -0.366 e. The van der Waals surface area contributed by atoms with Gasteiger partial charge in [-0.2, -0.15) is 0 Å². The van der Waals surface area contributed by atoms with Crippen LogP contribution in [0.25, 0.3) is 10.8 Å². The van der Waals surface area contributed by atoms with Crippen molar-refractivity contribution in [3.63, 3.8) is 0 Å². The highest BCUT2D eigenvalue weighted by atomic mass is 16.1. The predicted octanol–water partition coefficient (Wildman–Crippen LogP) is 1.61. The third-order valence-corrected chi connectivity index (χ3v) is 2.54. The van der Waals surface area contributed by atoms with E-state index in [2.05, 4.69) is 15.3 Å². The van der Waals surface area contributed by atoms with Crippen molar-refractivity contribution in [2.24, 2.45) is 4.99 Å². The summed E-state index contributed by atoms with van der Waals surface area (Å²) in [6, 6.07) is 3.83. The van der Waals surface area contributed by atoms with E-state index >= 15 is 0 Å². The predicted molar refractivity (Wildman–Crippen MR) is 58.8 cm³/mol. The lowest BCUT2D eigenvalue weighted by Gasteiger charge is -2.03. The van der Waals surface area contributed by atoms with Gasteiger partial charge in [-0.25, -0.2) is 0 Å². The van der Waals surface area contributed by atoms with Crippen molar-refractivity contribution < 1.29 is 4.79 Å². The first kappa shape index (κ1) is 8.23. The standard InChI is InChI=1S/C11H9N3O/c15-11-10-8-6-12-5-7(8)1-2-9(10)13-3-4-14-11/h1-3,5-6,12H,4H2,(H,14,15). The molecule has 1 aromatic carbocycles. The number of nitrogens with one attached hydrogen (secondary N) is 2. The van der Waals surface area contributed by atoms with E-state index in [4.69, 9.17) is 0 Å². The molecular formula is C11H9N3O. The number of carbonyl (C=O) groups is 1. The maximum Gasteiger partial charge on any atom is 0.254 e. The highest BCUT2D eigenvalue weighted by Crippen LogP contribution is 2.28. The van der Waals surface area contributed by atoms with Crippen LogP contribution in [0.15, 0.2) is 29.5 Å². The van der Waals surface area contributed by atoms with Crippen molar-refractivity contribution in [1.82, 2.24) is 10.3 Å². The van der Waals surface area contributed by atoms with Gasteiger partial charge in [-0.3, -0.25) is 9.79 Å². The van der Waals surface area contributed by atoms with Gasteiger partial charge in [0.2, 0.25) is 0 Å². The molecule has 3 rings (SSSR count). The van der Waals surface area contributed by atoms with Crippen LogP contribution >= 0.6 is 0 Å². The Labute approximate surface area is 86.0 Å². The number of hydrogen-bond acceptors (Lipinski definition) is 2. The number of amides is 1. The van der Waals surface area contributed by atoms with E-state index in [0.29, 0.717) is 12.1 Å². The largest absolute Gasteiger partial charge is 0.366 e. The summed E-state index contributed by atoms with van der Waals surface area (Å²) in [6.07, 6.45) is 5.41. The molecule has 1 aliphatic rings. The summed E-state index contributed by atoms with van der Waals surface area (Å²) in [4.78, 5) is 19.1. The SMILES string of the molecule is O=C1NCC=Nc2ccc3c[nH]cc3c21. The van der Waals surface area contributed by atoms with Crippen LogP contribution in [-0.2, 0) is 0 Å². The third-order valence-electron chi connectivity index (χ3n) is 2.54. The highest BCUT2D eigenvalue weighted by Gasteiger charge is 2.16. The molecule has 0 radical (unpaired) electrons. The number of H-pyrrole nitrogens is 1. The van der Waals surface area contributed by atoms with E-state index in [1.807, 2.05) is 24.5 Å². The number of fused-ring (bicyclic) bond motifs is 3. The zero-order valence-electron chi connectivity index (χ0n) is 7.95. The van der Waals surface area contributed by atoms with Crippen LogP contribution in [0.2, 0.25) is 0 Å². The lowest BCUT2D eigenvalue weighted by Crippen LogP contribution is -2.23. The van der Waals surface area contributed by atoms with Crippen LogP contribution in [0.1, 0.15) is 10.4 Å². The van der Waals surface area contributed by atoms with Gasteiger partial charge in [0.25, 0.3) is 5.91 Å². The molecule has 0 atom stereocenters. The zero-order chi connectivity index (χ0) is 10.3. The molecule has 0 spiro atoms. The molecule has 74 valence electrons. The summed E-state index contributed by atoms with van der Waals surface area (Å²) in [6.45, 7) is 0.486. The molecule has 2 aromatic rings. The van der Waals surface area contributed by atoms with E-state index in [-0.39, 0.29) is 5.91 Å². The van der Waals surface area contributed by atoms with Gasteiger partial charge < -0.3 is 10.3 Å². The molecule has 2 N–H and O–H groups in total. The zero-order valence-corrected chi connectivity index (χ0v) is 7.95. The molecule has 0 unspecified atom stereocenters. The molecular weight excluding hydrogens is 190 g/mol. The van der Waals surface area contributed by atoms with Crippen molar-refractivity contribution in [3.8, 4) is 0 Å². The average molecular weight is 199 g/mol. The molecule has 0 saturated heterocycles. The van der Waals surface area contributed by atoms with Gasteiger partial charge in [-0.05, 0) is 6.07 Å². The van der Waals surface area contributed by atoms with Gasteiger partial charge in [0, 0.05) is 29.4 Å². The highest BCUT2D eigenvalue weighted by molar-refractivity contribution is 6.12. The summed E-state index contributed by atoms with van der Waals surface area (Å²) in [5, 5.41) is 4.73. The van der Waals surface area contributed by atoms with Gasteiger partial charge in [0.1, 0.15) is 0 Å². The third kappa shape index (κ3) is 1.15. The van der Waals surface area contributed by atoms with Gasteiger partial charge in [-0.1, -0.05) is 6.07 Å². The molecule has 15 heavy (non-hydrogen) atoms. The summed E-state index contributed by atoms with van der Waals surface area (Å²) >= 11 is 0. The number of benzene rings is 1. The second-order valence-corrected chi connectivity index (χ2v) is 3.44. The lowest BCUT2D eigenvalue weighted by molar-refractivity contribution is 0.0963. The minimum absolute atomic E-state index is 0.0623. The Morgan fingerprint density at radius 2 is 2.20 bits per heavy atom. The fraction of sp³-hybridized carbons (Fsp3) is 0.0909. The van der Waals surface area contributed by atoms with Crippen LogP contribution in [0.4, 0.5) is 5.69 Å². The topological polar surface area (TPSA) is 57.2 Å². The summed E-state index contributed by atoms with van der Waals surface area (Å²) in [5.74, 6) is -0.0623. The number of aromatic amines is 1. The number of nitrogens with zero attached hydrogens (tertiary/aromatic N) is 1. The van der Waals surface area contributed by atoms with E-state index < -0.39 is 0 Å². The minimum atomic E-state index is -0.0623. The average Bonchev–Trinajstić information content (AvgIpc) is 2.63. The van der Waals surface area contributed by atoms with Crippen LogP contribution in [0.3, 0.4) is 0 Å². The summed E-state index contributed by atoms with van der Waals surface area (Å²) in [7, 11) is 0. The van der Waals surface area contributed by atoms with Crippen molar-refractivity contribution in [2.75, 3.05) is 6.54 Å². The summed E-state index contributed by atoms with van der Waals surface area (Å²) in [5.41, 5.74) is 1.39. The quantitative estimate of drug-likeness (QED) is 0.665. The van der Waals surface area contributed by atoms with E-state index in [0.717, 1.165) is 16.5 Å². The van der Waals surface area contributed by atoms with Crippen molar-refractivity contribution >= 4 is 28.6 Å². The number of aromatic nitrogens is 1. The van der Waals surface area contributed by atoms with E-state index in [1.54, 1.807) is 6.21 Å². The molecule has 1 amide bonds. The Morgan fingerprint density at radius 1 is 1.27 bits per heavy atom. The molecule has 4 heteroatoms. The number of aliphatic imine (C=N–C) groups is 1. The van der Waals surface area contributed by atoms with Crippen LogP contribution in [0, 0.1) is 0 Å². The maximum absolute atomic E-state index is 11.8. The Morgan fingerprint density at radius 3 is 3.13 bits per heavy atom. The van der Waals surface area contributed by atoms with E-state index in [9.17, 15) is 4.79 Å². The molecule has 0 bridgehead atoms. The first-order valence-corrected chi connectivity index (χ1v) is 4.76. The van der Waals surface area contributed by atoms with Crippen LogP contribution < -0.4 is 5.32 Å². The number of hydrogen-bond donors (Lipinski definition) is 2. The summed E-state index contributed by atoms with van der Waals surface area (Å²) < 4.78 is 0. The first-order chi connectivity index (χ1) is 7.36. The van der Waals surface area contributed by atoms with Crippen molar-refractivity contribution in [1.29, 1.82) is 0 Å². The Kier molecular flexibility index (Phi) is 1.62. The van der Waals surface area contributed by atoms with Gasteiger partial charge in [-0.15, -0.1) is 0 Å². The van der Waals surface area contributed by atoms with Crippen molar-refractivity contribution in [3.05, 3.63) is 30.1 Å². The monoisotopic (exact) mass is 199 g/mol. The molecule has 2 heterocycles. The van der Waals surface area contributed by atoms with Crippen LogP contribution in [-0.4, -0.2) is 23.7 Å². The normalized spacial score (nSPS) is 14.8. The second-order valence-electron chi connectivity index (χ2n) is 3.44. The number of carbonyl (C=O) groups excluding carboxylic acids is 1. The lowest BCUT2D eigenvalue weighted by atomic mass is 10.1. The van der Waals surface area contributed by atoms with Crippen molar-refractivity contribution in [2.45, 2.75) is 0 Å². The smallest absolute Gasteiger partial charge is 0.254 e. The van der Waals surface area contributed by atoms with Gasteiger partial charge in [0.15, 0.2) is 0 Å². The van der Waals surface area contributed by atoms with E-state index in [1.165, 1.54) is 0 Å². The number of rotatable bonds is 0. The maximum atomic E-state index is 11.8. The molecule has 1 aromatic heterocycles.